The van der Waals surface area contributed by atoms with E-state index in [0.29, 0.717) is 54.2 Å². The van der Waals surface area contributed by atoms with E-state index in [4.69, 9.17) is 67.5 Å². The molecule has 2 rings (SSSR count). The molecule has 0 unspecified atom stereocenters. The van der Waals surface area contributed by atoms with Gasteiger partial charge in [-0.05, 0) is 18.2 Å². The molecule has 2 nitrogen and oxygen atoms in total. The van der Waals surface area contributed by atoms with Gasteiger partial charge >= 0.3 is 0 Å². The summed E-state index contributed by atoms with van der Waals surface area (Å²) in [5.74, 6) is 1.03. The SMILES string of the molecule is COc1ccc(Cl)c(Cl)c1Cc1c(Cl)c(Cl)cc(Cl)c1OC. The van der Waals surface area contributed by atoms with Crippen LogP contribution in [0.2, 0.25) is 25.1 Å². The van der Waals surface area contributed by atoms with Crippen LogP contribution in [-0.2, 0) is 6.42 Å². The Morgan fingerprint density at radius 2 is 1.41 bits per heavy atom. The number of benzene rings is 2. The normalized spacial score (nSPS) is 10.7. The van der Waals surface area contributed by atoms with E-state index in [-0.39, 0.29) is 0 Å². The van der Waals surface area contributed by atoms with Crippen molar-refractivity contribution in [3.8, 4) is 11.5 Å². The predicted molar refractivity (Wildman–Crippen MR) is 93.8 cm³/mol. The molecule has 0 N–H and O–H groups in total. The van der Waals surface area contributed by atoms with Gasteiger partial charge in [-0.15, -0.1) is 0 Å². The summed E-state index contributed by atoms with van der Waals surface area (Å²) in [5.41, 5.74) is 1.29. The van der Waals surface area contributed by atoms with Crippen LogP contribution in [0, 0.1) is 0 Å². The van der Waals surface area contributed by atoms with Crippen LogP contribution in [0.4, 0.5) is 0 Å². The van der Waals surface area contributed by atoms with Crippen LogP contribution in [0.25, 0.3) is 0 Å². The van der Waals surface area contributed by atoms with Gasteiger partial charge in [-0.1, -0.05) is 58.0 Å². The molecule has 22 heavy (non-hydrogen) atoms. The van der Waals surface area contributed by atoms with Crippen molar-refractivity contribution < 1.29 is 9.47 Å². The van der Waals surface area contributed by atoms with Crippen LogP contribution in [0.15, 0.2) is 18.2 Å². The molecule has 0 radical (unpaired) electrons. The number of rotatable bonds is 4. The third-order valence-electron chi connectivity index (χ3n) is 3.15. The fourth-order valence-corrected chi connectivity index (χ4v) is 3.30. The average Bonchev–Trinajstić information content (AvgIpc) is 2.49. The second-order valence-corrected chi connectivity index (χ2v) is 6.36. The van der Waals surface area contributed by atoms with Gasteiger partial charge in [0.2, 0.25) is 0 Å². The summed E-state index contributed by atoms with van der Waals surface area (Å²) in [4.78, 5) is 0. The highest BCUT2D eigenvalue weighted by molar-refractivity contribution is 6.44. The Bertz CT molecular complexity index is 716. The first-order valence-corrected chi connectivity index (χ1v) is 8.00. The maximum absolute atomic E-state index is 6.30. The van der Waals surface area contributed by atoms with Crippen molar-refractivity contribution >= 4 is 58.0 Å². The third kappa shape index (κ3) is 3.37. The van der Waals surface area contributed by atoms with Gasteiger partial charge in [-0.3, -0.25) is 0 Å². The quantitative estimate of drug-likeness (QED) is 0.541. The van der Waals surface area contributed by atoms with Crippen LogP contribution >= 0.6 is 58.0 Å². The van der Waals surface area contributed by atoms with E-state index in [2.05, 4.69) is 0 Å². The summed E-state index contributed by atoms with van der Waals surface area (Å²) >= 11 is 30.9. The van der Waals surface area contributed by atoms with Gasteiger partial charge in [0.15, 0.2) is 0 Å². The Balaban J connectivity index is 2.64. The first-order chi connectivity index (χ1) is 10.4. The molecule has 0 fully saturated rings. The zero-order valence-electron chi connectivity index (χ0n) is 11.6. The van der Waals surface area contributed by atoms with Crippen molar-refractivity contribution in [2.75, 3.05) is 14.2 Å². The third-order valence-corrected chi connectivity index (χ3v) is 5.10. The van der Waals surface area contributed by atoms with E-state index in [1.165, 1.54) is 13.2 Å². The molecule has 2 aromatic carbocycles. The lowest BCUT2D eigenvalue weighted by Crippen LogP contribution is -2.00. The molecule has 2 aromatic rings. The lowest BCUT2D eigenvalue weighted by molar-refractivity contribution is 0.405. The molecular formula is C15H11Cl5O2. The van der Waals surface area contributed by atoms with Gasteiger partial charge in [0.05, 0.1) is 39.3 Å². The Hall–Kier alpha value is -0.510. The van der Waals surface area contributed by atoms with E-state index in [9.17, 15) is 0 Å². The summed E-state index contributed by atoms with van der Waals surface area (Å²) in [6.07, 6.45) is 0.310. The Morgan fingerprint density at radius 1 is 0.773 bits per heavy atom. The van der Waals surface area contributed by atoms with Gasteiger partial charge in [-0.2, -0.15) is 0 Å². The summed E-state index contributed by atoms with van der Waals surface area (Å²) in [5, 5.41) is 1.85. The van der Waals surface area contributed by atoms with Crippen molar-refractivity contribution in [2.45, 2.75) is 6.42 Å². The lowest BCUT2D eigenvalue weighted by Gasteiger charge is -2.16. The van der Waals surface area contributed by atoms with E-state index in [0.717, 1.165) is 0 Å². The zero-order valence-corrected chi connectivity index (χ0v) is 15.4. The van der Waals surface area contributed by atoms with Gasteiger partial charge in [0, 0.05) is 17.5 Å². The summed E-state index contributed by atoms with van der Waals surface area (Å²) < 4.78 is 10.7. The number of hydrogen-bond acceptors (Lipinski definition) is 2. The van der Waals surface area contributed by atoms with E-state index >= 15 is 0 Å². The maximum Gasteiger partial charge on any atom is 0.142 e. The van der Waals surface area contributed by atoms with Gasteiger partial charge in [0.25, 0.3) is 0 Å². The highest BCUT2D eigenvalue weighted by Gasteiger charge is 2.20. The summed E-state index contributed by atoms with van der Waals surface area (Å²) in [6, 6.07) is 4.93. The summed E-state index contributed by atoms with van der Waals surface area (Å²) in [7, 11) is 3.05. The van der Waals surface area contributed by atoms with Crippen molar-refractivity contribution in [3.05, 3.63) is 54.4 Å². The fraction of sp³-hybridized carbons (Fsp3) is 0.200. The lowest BCUT2D eigenvalue weighted by atomic mass is 10.0. The number of hydrogen-bond donors (Lipinski definition) is 0. The van der Waals surface area contributed by atoms with Crippen LogP contribution in [0.3, 0.4) is 0 Å². The summed E-state index contributed by atoms with van der Waals surface area (Å²) in [6.45, 7) is 0. The molecule has 0 aliphatic carbocycles. The van der Waals surface area contributed by atoms with Gasteiger partial charge < -0.3 is 9.47 Å². The van der Waals surface area contributed by atoms with Crippen LogP contribution in [0.5, 0.6) is 11.5 Å². The van der Waals surface area contributed by atoms with Crippen molar-refractivity contribution in [1.82, 2.24) is 0 Å². The predicted octanol–water partition coefficient (Wildman–Crippen LogP) is 6.56. The number of methoxy groups -OCH3 is 2. The molecule has 0 heterocycles. The van der Waals surface area contributed by atoms with E-state index < -0.39 is 0 Å². The number of ether oxygens (including phenoxy) is 2. The van der Waals surface area contributed by atoms with Crippen LogP contribution in [-0.4, -0.2) is 14.2 Å². The molecule has 0 saturated heterocycles. The first kappa shape index (κ1) is 17.8. The molecule has 0 aliphatic heterocycles. The molecule has 0 aliphatic rings. The zero-order chi connectivity index (χ0) is 16.4. The average molecular weight is 401 g/mol. The smallest absolute Gasteiger partial charge is 0.142 e. The van der Waals surface area contributed by atoms with E-state index in [1.807, 2.05) is 0 Å². The van der Waals surface area contributed by atoms with Crippen molar-refractivity contribution in [2.24, 2.45) is 0 Å². The molecule has 0 aromatic heterocycles. The molecule has 7 heteroatoms. The first-order valence-electron chi connectivity index (χ1n) is 6.11. The molecule has 0 bridgehead atoms. The molecule has 0 atom stereocenters. The molecular weight excluding hydrogens is 389 g/mol. The molecule has 0 saturated carbocycles. The minimum Gasteiger partial charge on any atom is -0.496 e. The highest BCUT2D eigenvalue weighted by atomic mass is 35.5. The van der Waals surface area contributed by atoms with Crippen molar-refractivity contribution in [3.63, 3.8) is 0 Å². The van der Waals surface area contributed by atoms with Crippen LogP contribution < -0.4 is 9.47 Å². The fourth-order valence-electron chi connectivity index (χ4n) is 2.11. The monoisotopic (exact) mass is 398 g/mol. The number of halogens is 5. The van der Waals surface area contributed by atoms with Crippen LogP contribution in [0.1, 0.15) is 11.1 Å². The molecule has 0 spiro atoms. The largest absolute Gasteiger partial charge is 0.496 e. The Labute approximate surface area is 153 Å². The van der Waals surface area contributed by atoms with Gasteiger partial charge in [0.1, 0.15) is 11.5 Å². The Morgan fingerprint density at radius 3 is 2.00 bits per heavy atom. The minimum atomic E-state index is 0.310. The standard InChI is InChI=1S/C15H11Cl5O2/c1-21-12-4-3-9(16)13(19)7(12)5-8-14(20)10(17)6-11(18)15(8)22-2/h3-4,6H,5H2,1-2H3. The second-order valence-electron chi connectivity index (χ2n) is 4.38. The maximum atomic E-state index is 6.30. The minimum absolute atomic E-state index is 0.310. The molecule has 0 amide bonds. The molecule has 118 valence electrons. The van der Waals surface area contributed by atoms with Gasteiger partial charge in [-0.25, -0.2) is 0 Å². The topological polar surface area (TPSA) is 18.5 Å². The second kappa shape index (κ2) is 7.37. The van der Waals surface area contributed by atoms with Crippen molar-refractivity contribution in [1.29, 1.82) is 0 Å². The Kier molecular flexibility index (Phi) is 5.98. The highest BCUT2D eigenvalue weighted by Crippen LogP contribution is 2.43. The van der Waals surface area contributed by atoms with E-state index in [1.54, 1.807) is 19.2 Å².